The molecule has 114 valence electrons. The second-order valence-electron chi connectivity index (χ2n) is 5.12. The highest BCUT2D eigenvalue weighted by atomic mass is 16.5. The fourth-order valence-electron chi connectivity index (χ4n) is 2.69. The van der Waals surface area contributed by atoms with Crippen molar-refractivity contribution < 1.29 is 14.6 Å². The number of hydrogen-bond acceptors (Lipinski definition) is 3. The molecule has 5 heteroatoms. The summed E-state index contributed by atoms with van der Waals surface area (Å²) in [7, 11) is 1.59. The minimum Gasteiger partial charge on any atom is -0.496 e. The second-order valence-corrected chi connectivity index (χ2v) is 5.12. The summed E-state index contributed by atoms with van der Waals surface area (Å²) >= 11 is 0. The molecular formula is C18H14N2O3. The quantitative estimate of drug-likeness (QED) is 0.802. The summed E-state index contributed by atoms with van der Waals surface area (Å²) in [4.78, 5) is 11.6. The average Bonchev–Trinajstić information content (AvgIpc) is 2.93. The van der Waals surface area contributed by atoms with Crippen LogP contribution in [0.4, 0.5) is 0 Å². The van der Waals surface area contributed by atoms with E-state index in [1.807, 2.05) is 24.3 Å². The minimum absolute atomic E-state index is 0.181. The van der Waals surface area contributed by atoms with Gasteiger partial charge in [0.05, 0.1) is 25.3 Å². The monoisotopic (exact) mass is 306 g/mol. The Hall–Kier alpha value is -3.26. The molecule has 0 amide bonds. The Kier molecular flexibility index (Phi) is 3.73. The molecule has 3 aromatic rings. The number of hydrogen-bond donors (Lipinski definition) is 1. The zero-order valence-corrected chi connectivity index (χ0v) is 12.5. The van der Waals surface area contributed by atoms with Gasteiger partial charge in [-0.05, 0) is 30.3 Å². The van der Waals surface area contributed by atoms with Crippen LogP contribution in [-0.4, -0.2) is 22.8 Å². The van der Waals surface area contributed by atoms with Gasteiger partial charge in [0.15, 0.2) is 0 Å². The lowest BCUT2D eigenvalue weighted by atomic mass is 10.1. The first-order valence-corrected chi connectivity index (χ1v) is 7.02. The summed E-state index contributed by atoms with van der Waals surface area (Å²) in [5, 5.41) is 19.2. The molecule has 0 bridgehead atoms. The maximum atomic E-state index is 11.6. The number of carbonyl (C=O) groups is 1. The van der Waals surface area contributed by atoms with E-state index in [9.17, 15) is 9.90 Å². The van der Waals surface area contributed by atoms with Crippen LogP contribution >= 0.6 is 0 Å². The lowest BCUT2D eigenvalue weighted by Gasteiger charge is -2.12. The number of methoxy groups -OCH3 is 1. The molecule has 1 N–H and O–H groups in total. The molecule has 0 fully saturated rings. The Labute approximate surface area is 133 Å². The van der Waals surface area contributed by atoms with E-state index in [4.69, 9.17) is 10.00 Å². The molecular weight excluding hydrogens is 292 g/mol. The van der Waals surface area contributed by atoms with Crippen LogP contribution in [0.3, 0.4) is 0 Å². The van der Waals surface area contributed by atoms with E-state index in [1.54, 1.807) is 35.9 Å². The van der Waals surface area contributed by atoms with Crippen molar-refractivity contribution in [1.82, 2.24) is 4.57 Å². The van der Waals surface area contributed by atoms with E-state index in [-0.39, 0.29) is 5.69 Å². The number of para-hydroxylation sites is 1. The molecule has 3 rings (SSSR count). The molecule has 23 heavy (non-hydrogen) atoms. The molecule has 0 aliphatic carbocycles. The molecule has 0 aliphatic heterocycles. The van der Waals surface area contributed by atoms with Crippen molar-refractivity contribution in [3.8, 4) is 11.8 Å². The van der Waals surface area contributed by atoms with Gasteiger partial charge in [0.2, 0.25) is 0 Å². The predicted octanol–water partition coefficient (Wildman–Crippen LogP) is 3.27. The predicted molar refractivity (Wildman–Crippen MR) is 85.7 cm³/mol. The van der Waals surface area contributed by atoms with Crippen LogP contribution in [0, 0.1) is 11.3 Å². The van der Waals surface area contributed by atoms with E-state index in [1.165, 1.54) is 0 Å². The molecule has 1 heterocycles. The Bertz CT molecular complexity index is 935. The summed E-state index contributed by atoms with van der Waals surface area (Å²) < 4.78 is 7.06. The molecule has 0 unspecified atom stereocenters. The first kappa shape index (κ1) is 14.7. The van der Waals surface area contributed by atoms with Gasteiger partial charge in [-0.25, -0.2) is 4.79 Å². The van der Waals surface area contributed by atoms with Crippen molar-refractivity contribution in [3.63, 3.8) is 0 Å². The first-order chi connectivity index (χ1) is 11.1. The number of benzene rings is 2. The van der Waals surface area contributed by atoms with Crippen LogP contribution < -0.4 is 4.74 Å². The highest BCUT2D eigenvalue weighted by Crippen LogP contribution is 2.25. The molecule has 0 saturated heterocycles. The highest BCUT2D eigenvalue weighted by Gasteiger charge is 2.16. The summed E-state index contributed by atoms with van der Waals surface area (Å²) in [5.41, 5.74) is 2.34. The lowest BCUT2D eigenvalue weighted by Crippen LogP contribution is -2.10. The van der Waals surface area contributed by atoms with E-state index < -0.39 is 5.97 Å². The van der Waals surface area contributed by atoms with E-state index in [2.05, 4.69) is 6.07 Å². The third-order valence-electron chi connectivity index (χ3n) is 3.77. The molecule has 0 aliphatic rings. The van der Waals surface area contributed by atoms with Crippen LogP contribution in [0.15, 0.2) is 48.5 Å². The largest absolute Gasteiger partial charge is 0.496 e. The first-order valence-electron chi connectivity index (χ1n) is 7.02. The summed E-state index contributed by atoms with van der Waals surface area (Å²) in [6.45, 7) is 0.376. The van der Waals surface area contributed by atoms with Crippen LogP contribution in [0.5, 0.6) is 5.75 Å². The highest BCUT2D eigenvalue weighted by molar-refractivity contribution is 5.95. The van der Waals surface area contributed by atoms with Crippen molar-refractivity contribution in [2.75, 3.05) is 7.11 Å². The minimum atomic E-state index is -1.00. The third-order valence-corrected chi connectivity index (χ3v) is 3.77. The van der Waals surface area contributed by atoms with Gasteiger partial charge in [-0.15, -0.1) is 0 Å². The molecule has 1 aromatic heterocycles. The normalized spacial score (nSPS) is 10.4. The number of rotatable bonds is 4. The lowest BCUT2D eigenvalue weighted by molar-refractivity contribution is 0.0686. The Morgan fingerprint density at radius 2 is 2.04 bits per heavy atom. The molecule has 0 spiro atoms. The summed E-state index contributed by atoms with van der Waals surface area (Å²) in [6, 6.07) is 16.3. The molecule has 0 atom stereocenters. The Morgan fingerprint density at radius 1 is 1.26 bits per heavy atom. The number of nitrogens with zero attached hydrogens (tertiary/aromatic N) is 2. The number of fused-ring (bicyclic) bond motifs is 1. The zero-order valence-electron chi connectivity index (χ0n) is 12.5. The van der Waals surface area contributed by atoms with Crippen molar-refractivity contribution in [3.05, 3.63) is 65.4 Å². The van der Waals surface area contributed by atoms with Crippen LogP contribution in [0.25, 0.3) is 10.9 Å². The summed E-state index contributed by atoms with van der Waals surface area (Å²) in [5.74, 6) is -0.297. The fourth-order valence-corrected chi connectivity index (χ4v) is 2.69. The van der Waals surface area contributed by atoms with Gasteiger partial charge in [-0.1, -0.05) is 18.2 Å². The number of aromatic carboxylic acids is 1. The Morgan fingerprint density at radius 3 is 2.74 bits per heavy atom. The maximum Gasteiger partial charge on any atom is 0.352 e. The van der Waals surface area contributed by atoms with Crippen LogP contribution in [-0.2, 0) is 6.54 Å². The van der Waals surface area contributed by atoms with Gasteiger partial charge in [0.25, 0.3) is 0 Å². The smallest absolute Gasteiger partial charge is 0.352 e. The van der Waals surface area contributed by atoms with Gasteiger partial charge in [-0.2, -0.15) is 5.26 Å². The average molecular weight is 306 g/mol. The number of carboxylic acids is 1. The van der Waals surface area contributed by atoms with Gasteiger partial charge < -0.3 is 14.4 Å². The van der Waals surface area contributed by atoms with Gasteiger partial charge in [-0.3, -0.25) is 0 Å². The molecule has 0 radical (unpaired) electrons. The van der Waals surface area contributed by atoms with Crippen molar-refractivity contribution in [1.29, 1.82) is 5.26 Å². The maximum absolute atomic E-state index is 11.6. The number of carboxylic acid groups (broad SMARTS) is 1. The number of ether oxygens (including phenoxy) is 1. The van der Waals surface area contributed by atoms with E-state index in [0.29, 0.717) is 17.9 Å². The topological polar surface area (TPSA) is 75.2 Å². The van der Waals surface area contributed by atoms with Gasteiger partial charge in [0.1, 0.15) is 11.4 Å². The van der Waals surface area contributed by atoms with Gasteiger partial charge >= 0.3 is 5.97 Å². The Balaban J connectivity index is 2.17. The molecule has 0 saturated carbocycles. The van der Waals surface area contributed by atoms with Crippen molar-refractivity contribution >= 4 is 16.9 Å². The number of aromatic nitrogens is 1. The van der Waals surface area contributed by atoms with Crippen molar-refractivity contribution in [2.45, 2.75) is 6.54 Å². The molecule has 5 nitrogen and oxygen atoms in total. The fraction of sp³-hybridized carbons (Fsp3) is 0.111. The molecule has 2 aromatic carbocycles. The third kappa shape index (κ3) is 2.62. The SMILES string of the molecule is COc1ccccc1Cn1c(C(=O)O)cc2cc(C#N)ccc21. The van der Waals surface area contributed by atoms with Crippen LogP contribution in [0.2, 0.25) is 0 Å². The van der Waals surface area contributed by atoms with Gasteiger partial charge in [0, 0.05) is 16.5 Å². The van der Waals surface area contributed by atoms with E-state index in [0.717, 1.165) is 16.5 Å². The standard InChI is InChI=1S/C18H14N2O3/c1-23-17-5-3-2-4-13(17)11-20-15-7-6-12(10-19)8-14(15)9-16(20)18(21)22/h2-9H,11H2,1H3,(H,21,22). The van der Waals surface area contributed by atoms with E-state index >= 15 is 0 Å². The summed E-state index contributed by atoms with van der Waals surface area (Å²) in [6.07, 6.45) is 0. The van der Waals surface area contributed by atoms with Crippen molar-refractivity contribution in [2.24, 2.45) is 0 Å². The van der Waals surface area contributed by atoms with Crippen LogP contribution in [0.1, 0.15) is 21.6 Å². The zero-order chi connectivity index (χ0) is 16.4. The number of nitriles is 1. The second kappa shape index (κ2) is 5.85.